The van der Waals surface area contributed by atoms with Gasteiger partial charge in [0, 0.05) is 11.1 Å². The highest BCUT2D eigenvalue weighted by molar-refractivity contribution is 6.37. The van der Waals surface area contributed by atoms with Crippen molar-refractivity contribution < 1.29 is 9.53 Å². The number of rotatable bonds is 2. The summed E-state index contributed by atoms with van der Waals surface area (Å²) in [5.74, 6) is -0.200. The van der Waals surface area contributed by atoms with E-state index in [1.54, 1.807) is 30.3 Å². The highest BCUT2D eigenvalue weighted by Crippen LogP contribution is 2.33. The second-order valence-electron chi connectivity index (χ2n) is 4.58. The quantitative estimate of drug-likeness (QED) is 0.436. The largest absolute Gasteiger partial charge is 0.421 e. The highest BCUT2D eigenvalue weighted by atomic mass is 35.5. The molecule has 104 valence electrons. The fourth-order valence-electron chi connectivity index (χ4n) is 2.13. The number of ether oxygens (including phenoxy) is 1. The van der Waals surface area contributed by atoms with Crippen molar-refractivity contribution in [2.45, 2.75) is 0 Å². The molecule has 0 heterocycles. The number of nitrogen functional groups attached to an aromatic ring is 1. The summed E-state index contributed by atoms with van der Waals surface area (Å²) in [5, 5.41) is 2.24. The lowest BCUT2D eigenvalue weighted by Gasteiger charge is -2.09. The first-order valence-electron chi connectivity index (χ1n) is 6.41. The van der Waals surface area contributed by atoms with Crippen LogP contribution in [0.3, 0.4) is 0 Å². The fourth-order valence-corrected chi connectivity index (χ4v) is 2.40. The van der Waals surface area contributed by atoms with E-state index in [4.69, 9.17) is 22.1 Å². The number of para-hydroxylation sites is 1. The van der Waals surface area contributed by atoms with Gasteiger partial charge in [-0.1, -0.05) is 54.1 Å². The van der Waals surface area contributed by atoms with Crippen LogP contribution < -0.4 is 10.5 Å². The molecule has 0 amide bonds. The van der Waals surface area contributed by atoms with Crippen molar-refractivity contribution in [2.75, 3.05) is 5.73 Å². The summed E-state index contributed by atoms with van der Waals surface area (Å²) in [7, 11) is 0. The molecule has 4 heteroatoms. The molecule has 0 bridgehead atoms. The molecule has 2 N–H and O–H groups in total. The Labute approximate surface area is 126 Å². The number of esters is 1. The van der Waals surface area contributed by atoms with Crippen molar-refractivity contribution >= 4 is 34.0 Å². The molecule has 3 aromatic carbocycles. The monoisotopic (exact) mass is 297 g/mol. The minimum atomic E-state index is -0.523. The van der Waals surface area contributed by atoms with E-state index in [2.05, 4.69) is 0 Å². The number of carbonyl (C=O) groups excluding carboxylic acids is 1. The Bertz CT molecular complexity index is 830. The lowest BCUT2D eigenvalue weighted by atomic mass is 10.1. The number of benzene rings is 3. The van der Waals surface area contributed by atoms with Gasteiger partial charge in [-0.2, -0.15) is 0 Å². The summed E-state index contributed by atoms with van der Waals surface area (Å²) < 4.78 is 5.37. The van der Waals surface area contributed by atoms with Crippen LogP contribution in [-0.4, -0.2) is 5.97 Å². The smallest absolute Gasteiger partial charge is 0.345 e. The molecule has 0 aliphatic heterocycles. The van der Waals surface area contributed by atoms with Crippen LogP contribution in [0.1, 0.15) is 10.4 Å². The summed E-state index contributed by atoms with van der Waals surface area (Å²) in [6.07, 6.45) is 0. The van der Waals surface area contributed by atoms with Gasteiger partial charge in [-0.25, -0.2) is 4.79 Å². The third-order valence-electron chi connectivity index (χ3n) is 3.21. The van der Waals surface area contributed by atoms with Gasteiger partial charge in [0.1, 0.15) is 5.75 Å². The summed E-state index contributed by atoms with van der Waals surface area (Å²) in [4.78, 5) is 12.2. The summed E-state index contributed by atoms with van der Waals surface area (Å²) in [6, 6.07) is 17.9. The molecule has 0 aliphatic rings. The summed E-state index contributed by atoms with van der Waals surface area (Å²) >= 11 is 6.30. The van der Waals surface area contributed by atoms with Gasteiger partial charge in [0.05, 0.1) is 10.6 Å². The predicted molar refractivity (Wildman–Crippen MR) is 84.8 cm³/mol. The van der Waals surface area contributed by atoms with E-state index in [1.807, 2.05) is 30.3 Å². The molecule has 0 atom stereocenters. The number of hydrogen-bond donors (Lipinski definition) is 1. The van der Waals surface area contributed by atoms with E-state index in [-0.39, 0.29) is 0 Å². The maximum absolute atomic E-state index is 12.2. The number of anilines is 1. The first kappa shape index (κ1) is 13.5. The van der Waals surface area contributed by atoms with Crippen molar-refractivity contribution in [3.05, 3.63) is 71.2 Å². The van der Waals surface area contributed by atoms with Gasteiger partial charge >= 0.3 is 5.97 Å². The number of nitrogens with two attached hydrogens (primary N) is 1. The lowest BCUT2D eigenvalue weighted by Crippen LogP contribution is -2.11. The van der Waals surface area contributed by atoms with Crippen LogP contribution in [0.2, 0.25) is 5.02 Å². The average molecular weight is 298 g/mol. The van der Waals surface area contributed by atoms with Gasteiger partial charge < -0.3 is 10.5 Å². The Kier molecular flexibility index (Phi) is 3.50. The number of fused-ring (bicyclic) bond motifs is 1. The average Bonchev–Trinajstić information content (AvgIpc) is 2.51. The second kappa shape index (κ2) is 5.46. The van der Waals surface area contributed by atoms with Crippen molar-refractivity contribution in [2.24, 2.45) is 0 Å². The molecular weight excluding hydrogens is 286 g/mol. The first-order chi connectivity index (χ1) is 10.2. The topological polar surface area (TPSA) is 52.3 Å². The minimum absolute atomic E-state index is 0.321. The maximum Gasteiger partial charge on any atom is 0.345 e. The Morgan fingerprint density at radius 2 is 1.67 bits per heavy atom. The van der Waals surface area contributed by atoms with E-state index < -0.39 is 5.97 Å². The van der Waals surface area contributed by atoms with Gasteiger partial charge in [0.15, 0.2) is 0 Å². The second-order valence-corrected chi connectivity index (χ2v) is 4.95. The van der Waals surface area contributed by atoms with Crippen molar-refractivity contribution in [3.8, 4) is 5.75 Å². The molecule has 3 rings (SSSR count). The zero-order valence-corrected chi connectivity index (χ0v) is 11.8. The molecule has 0 saturated heterocycles. The van der Waals surface area contributed by atoms with E-state index >= 15 is 0 Å². The van der Waals surface area contributed by atoms with Crippen LogP contribution in [0.4, 0.5) is 5.69 Å². The van der Waals surface area contributed by atoms with E-state index in [0.717, 1.165) is 10.8 Å². The lowest BCUT2D eigenvalue weighted by molar-refractivity contribution is 0.0736. The third-order valence-corrected chi connectivity index (χ3v) is 3.60. The molecule has 0 unspecified atom stereocenters. The molecule has 0 spiro atoms. The third kappa shape index (κ3) is 2.56. The van der Waals surface area contributed by atoms with Crippen molar-refractivity contribution in [1.29, 1.82) is 0 Å². The van der Waals surface area contributed by atoms with Crippen molar-refractivity contribution in [1.82, 2.24) is 0 Å². The maximum atomic E-state index is 12.2. The number of halogens is 1. The Morgan fingerprint density at radius 1 is 0.952 bits per heavy atom. The number of carbonyl (C=O) groups is 1. The van der Waals surface area contributed by atoms with Crippen LogP contribution in [0.15, 0.2) is 60.7 Å². The van der Waals surface area contributed by atoms with Gasteiger partial charge in [0.2, 0.25) is 0 Å². The fraction of sp³-hybridized carbons (Fsp3) is 0. The van der Waals surface area contributed by atoms with E-state index in [9.17, 15) is 4.79 Å². The minimum Gasteiger partial charge on any atom is -0.421 e. The van der Waals surface area contributed by atoms with Gasteiger partial charge in [-0.05, 0) is 23.6 Å². The normalized spacial score (nSPS) is 10.5. The standard InChI is InChI=1S/C17H12ClNO2/c18-16-12-6-2-1-5-11(12)9-10-15(16)21-17(20)13-7-3-4-8-14(13)19/h1-10H,19H2. The van der Waals surface area contributed by atoms with Gasteiger partial charge in [-0.15, -0.1) is 0 Å². The van der Waals surface area contributed by atoms with Crippen LogP contribution in [0.5, 0.6) is 5.75 Å². The highest BCUT2D eigenvalue weighted by Gasteiger charge is 2.14. The Balaban J connectivity index is 1.97. The van der Waals surface area contributed by atoms with Gasteiger partial charge in [0.25, 0.3) is 0 Å². The first-order valence-corrected chi connectivity index (χ1v) is 6.78. The molecule has 3 aromatic rings. The Hall–Kier alpha value is -2.52. The zero-order chi connectivity index (χ0) is 14.8. The molecule has 0 radical (unpaired) electrons. The van der Waals surface area contributed by atoms with E-state index in [1.165, 1.54) is 0 Å². The predicted octanol–water partition coefficient (Wildman–Crippen LogP) is 4.29. The van der Waals surface area contributed by atoms with Crippen LogP contribution in [0.25, 0.3) is 10.8 Å². The van der Waals surface area contributed by atoms with Gasteiger partial charge in [-0.3, -0.25) is 0 Å². The molecule has 3 nitrogen and oxygen atoms in total. The Morgan fingerprint density at radius 3 is 2.48 bits per heavy atom. The molecule has 0 aliphatic carbocycles. The molecular formula is C17H12ClNO2. The summed E-state index contributed by atoms with van der Waals surface area (Å²) in [5.41, 5.74) is 6.47. The van der Waals surface area contributed by atoms with Crippen LogP contribution in [-0.2, 0) is 0 Å². The molecule has 21 heavy (non-hydrogen) atoms. The van der Waals surface area contributed by atoms with Crippen molar-refractivity contribution in [3.63, 3.8) is 0 Å². The molecule has 0 saturated carbocycles. The summed E-state index contributed by atoms with van der Waals surface area (Å²) in [6.45, 7) is 0. The van der Waals surface area contributed by atoms with Crippen LogP contribution in [0, 0.1) is 0 Å². The zero-order valence-electron chi connectivity index (χ0n) is 11.0. The van der Waals surface area contributed by atoms with Crippen LogP contribution >= 0.6 is 11.6 Å². The SMILES string of the molecule is Nc1ccccc1C(=O)Oc1ccc2ccccc2c1Cl. The molecule has 0 fully saturated rings. The number of hydrogen-bond acceptors (Lipinski definition) is 3. The molecule has 0 aromatic heterocycles. The van der Waals surface area contributed by atoms with E-state index in [0.29, 0.717) is 22.0 Å².